The average Bonchev–Trinajstić information content (AvgIpc) is 2.82. The molecule has 1 aliphatic carbocycles. The zero-order valence-corrected chi connectivity index (χ0v) is 12.8. The maximum absolute atomic E-state index is 12.7. The summed E-state index contributed by atoms with van der Waals surface area (Å²) < 4.78 is 0. The Labute approximate surface area is 124 Å². The quantitative estimate of drug-likeness (QED) is 0.825. The molecule has 1 saturated heterocycles. The number of carboxylic acid groups (broad SMARTS) is 1. The molecule has 3 N–H and O–H groups in total. The van der Waals surface area contributed by atoms with Gasteiger partial charge in [-0.05, 0) is 25.7 Å². The lowest BCUT2D eigenvalue weighted by atomic mass is 9.85. The first-order chi connectivity index (χ1) is 9.54. The van der Waals surface area contributed by atoms with Crippen molar-refractivity contribution in [1.82, 2.24) is 4.90 Å². The van der Waals surface area contributed by atoms with Crippen molar-refractivity contribution in [2.45, 2.75) is 62.9 Å². The fourth-order valence-electron chi connectivity index (χ4n) is 3.18. The summed E-state index contributed by atoms with van der Waals surface area (Å²) in [6.07, 6.45) is 5.30. The Hall–Kier alpha value is -0.750. The molecule has 4 unspecified atom stereocenters. The van der Waals surface area contributed by atoms with Crippen LogP contribution in [-0.4, -0.2) is 45.1 Å². The van der Waals surface area contributed by atoms with Crippen LogP contribution in [0, 0.1) is 5.92 Å². The van der Waals surface area contributed by atoms with Crippen molar-refractivity contribution in [3.63, 3.8) is 0 Å². The maximum atomic E-state index is 12.7. The largest absolute Gasteiger partial charge is 0.480 e. The molecule has 6 heteroatoms. The maximum Gasteiger partial charge on any atom is 0.327 e. The zero-order valence-electron chi connectivity index (χ0n) is 12.0. The van der Waals surface area contributed by atoms with E-state index in [1.54, 1.807) is 16.7 Å². The first-order valence-electron chi connectivity index (χ1n) is 7.46. The Morgan fingerprint density at radius 1 is 1.40 bits per heavy atom. The highest BCUT2D eigenvalue weighted by atomic mass is 32.2. The summed E-state index contributed by atoms with van der Waals surface area (Å²) in [7, 11) is 0. The number of nitrogens with zero attached hydrogens (tertiary/aromatic N) is 1. The summed E-state index contributed by atoms with van der Waals surface area (Å²) in [6, 6.07) is -0.580. The van der Waals surface area contributed by atoms with Crippen LogP contribution in [0.15, 0.2) is 0 Å². The molecule has 1 saturated carbocycles. The standard InChI is InChI=1S/C14H24N2O3S/c1-2-4-12-16(11(8-20-12)14(18)19)13(17)9-5-3-6-10(15)7-9/h9-12H,2-8,15H2,1H3,(H,18,19). The molecule has 0 bridgehead atoms. The van der Waals surface area contributed by atoms with Crippen LogP contribution in [0.1, 0.15) is 45.4 Å². The number of nitrogens with two attached hydrogens (primary N) is 1. The SMILES string of the molecule is CCCC1SCC(C(=O)O)N1C(=O)C1CCCC(N)C1. The van der Waals surface area contributed by atoms with E-state index in [9.17, 15) is 14.7 Å². The normalized spacial score (nSPS) is 34.2. The number of hydrogen-bond acceptors (Lipinski definition) is 4. The van der Waals surface area contributed by atoms with E-state index in [0.717, 1.165) is 32.1 Å². The van der Waals surface area contributed by atoms with E-state index in [4.69, 9.17) is 5.73 Å². The third kappa shape index (κ3) is 3.28. The highest BCUT2D eigenvalue weighted by Crippen LogP contribution is 2.36. The molecule has 5 nitrogen and oxygen atoms in total. The van der Waals surface area contributed by atoms with Gasteiger partial charge in [0, 0.05) is 17.7 Å². The van der Waals surface area contributed by atoms with Gasteiger partial charge in [0.2, 0.25) is 5.91 Å². The van der Waals surface area contributed by atoms with E-state index < -0.39 is 12.0 Å². The van der Waals surface area contributed by atoms with Crippen LogP contribution < -0.4 is 5.73 Å². The monoisotopic (exact) mass is 300 g/mol. The number of thioether (sulfide) groups is 1. The molecule has 0 spiro atoms. The van der Waals surface area contributed by atoms with Crippen LogP contribution in [0.2, 0.25) is 0 Å². The topological polar surface area (TPSA) is 83.6 Å². The highest BCUT2D eigenvalue weighted by molar-refractivity contribution is 8.00. The van der Waals surface area contributed by atoms with Crippen LogP contribution in [0.25, 0.3) is 0 Å². The summed E-state index contributed by atoms with van der Waals surface area (Å²) in [6.45, 7) is 2.06. The molecule has 4 atom stereocenters. The minimum atomic E-state index is -0.885. The molecule has 0 aromatic rings. The van der Waals surface area contributed by atoms with Crippen molar-refractivity contribution in [2.75, 3.05) is 5.75 Å². The number of carbonyl (C=O) groups excluding carboxylic acids is 1. The third-order valence-corrected chi connectivity index (χ3v) is 5.59. The molecule has 0 aromatic carbocycles. The minimum absolute atomic E-state index is 0.0102. The van der Waals surface area contributed by atoms with E-state index >= 15 is 0 Å². The van der Waals surface area contributed by atoms with Gasteiger partial charge in [0.25, 0.3) is 0 Å². The van der Waals surface area contributed by atoms with E-state index in [1.165, 1.54) is 0 Å². The van der Waals surface area contributed by atoms with Gasteiger partial charge in [0.1, 0.15) is 6.04 Å². The van der Waals surface area contributed by atoms with Gasteiger partial charge in [0.15, 0.2) is 0 Å². The summed E-state index contributed by atoms with van der Waals surface area (Å²) >= 11 is 1.60. The average molecular weight is 300 g/mol. The number of hydrogen-bond donors (Lipinski definition) is 2. The molecular formula is C14H24N2O3S. The number of rotatable bonds is 4. The Morgan fingerprint density at radius 2 is 2.15 bits per heavy atom. The molecule has 2 rings (SSSR count). The van der Waals surface area contributed by atoms with Crippen LogP contribution in [0.4, 0.5) is 0 Å². The van der Waals surface area contributed by atoms with Gasteiger partial charge in [0.05, 0.1) is 5.37 Å². The molecule has 114 valence electrons. The van der Waals surface area contributed by atoms with E-state index in [-0.39, 0.29) is 23.2 Å². The number of carboxylic acids is 1. The first-order valence-corrected chi connectivity index (χ1v) is 8.51. The lowest BCUT2D eigenvalue weighted by Gasteiger charge is -2.34. The number of aliphatic carboxylic acids is 1. The summed E-state index contributed by atoms with van der Waals surface area (Å²) in [5.74, 6) is -0.455. The van der Waals surface area contributed by atoms with Crippen molar-refractivity contribution < 1.29 is 14.7 Å². The van der Waals surface area contributed by atoms with Gasteiger partial charge in [-0.25, -0.2) is 4.79 Å². The Morgan fingerprint density at radius 3 is 2.75 bits per heavy atom. The highest BCUT2D eigenvalue weighted by Gasteiger charge is 2.43. The molecular weight excluding hydrogens is 276 g/mol. The Balaban J connectivity index is 2.11. The van der Waals surface area contributed by atoms with E-state index in [1.807, 2.05) is 0 Å². The van der Waals surface area contributed by atoms with Gasteiger partial charge in [-0.15, -0.1) is 11.8 Å². The molecule has 2 fully saturated rings. The first kappa shape index (κ1) is 15.6. The number of carbonyl (C=O) groups is 2. The van der Waals surface area contributed by atoms with Crippen LogP contribution in [0.3, 0.4) is 0 Å². The predicted octanol–water partition coefficient (Wildman–Crippen LogP) is 1.66. The third-order valence-electron chi connectivity index (χ3n) is 4.23. The molecule has 1 heterocycles. The summed E-state index contributed by atoms with van der Waals surface area (Å²) in [5.41, 5.74) is 5.96. The lowest BCUT2D eigenvalue weighted by molar-refractivity contribution is -0.151. The van der Waals surface area contributed by atoms with Crippen LogP contribution >= 0.6 is 11.8 Å². The van der Waals surface area contributed by atoms with Crippen molar-refractivity contribution >= 4 is 23.6 Å². The van der Waals surface area contributed by atoms with Gasteiger partial charge < -0.3 is 15.7 Å². The summed E-state index contributed by atoms with van der Waals surface area (Å²) in [5, 5.41) is 9.36. The molecule has 2 aliphatic rings. The smallest absolute Gasteiger partial charge is 0.327 e. The number of amides is 1. The second kappa shape index (κ2) is 6.80. The van der Waals surface area contributed by atoms with E-state index in [0.29, 0.717) is 12.2 Å². The van der Waals surface area contributed by atoms with Crippen molar-refractivity contribution in [2.24, 2.45) is 11.7 Å². The minimum Gasteiger partial charge on any atom is -0.480 e. The van der Waals surface area contributed by atoms with Gasteiger partial charge in [-0.1, -0.05) is 19.8 Å². The van der Waals surface area contributed by atoms with Gasteiger partial charge in [-0.3, -0.25) is 4.79 Å². The second-order valence-corrected chi connectivity index (χ2v) is 7.01. The van der Waals surface area contributed by atoms with Crippen molar-refractivity contribution in [1.29, 1.82) is 0 Å². The predicted molar refractivity (Wildman–Crippen MR) is 79.4 cm³/mol. The fourth-order valence-corrected chi connectivity index (χ4v) is 4.70. The fraction of sp³-hybridized carbons (Fsp3) is 0.857. The molecule has 0 aromatic heterocycles. The van der Waals surface area contributed by atoms with E-state index in [2.05, 4.69) is 6.92 Å². The van der Waals surface area contributed by atoms with Crippen molar-refractivity contribution in [3.05, 3.63) is 0 Å². The zero-order chi connectivity index (χ0) is 14.7. The summed E-state index contributed by atoms with van der Waals surface area (Å²) in [4.78, 5) is 25.8. The second-order valence-electron chi connectivity index (χ2n) is 5.80. The van der Waals surface area contributed by atoms with Crippen LogP contribution in [0.5, 0.6) is 0 Å². The molecule has 1 amide bonds. The Kier molecular flexibility index (Phi) is 5.32. The molecule has 20 heavy (non-hydrogen) atoms. The van der Waals surface area contributed by atoms with Crippen molar-refractivity contribution in [3.8, 4) is 0 Å². The molecule has 1 aliphatic heterocycles. The van der Waals surface area contributed by atoms with Crippen LogP contribution in [-0.2, 0) is 9.59 Å². The van der Waals surface area contributed by atoms with Gasteiger partial charge in [-0.2, -0.15) is 0 Å². The van der Waals surface area contributed by atoms with Gasteiger partial charge >= 0.3 is 5.97 Å². The Bertz CT molecular complexity index is 377. The molecule has 0 radical (unpaired) electrons. The lowest BCUT2D eigenvalue weighted by Crippen LogP contribution is -2.49.